The second kappa shape index (κ2) is 13.2. The molecule has 41 heavy (non-hydrogen) atoms. The molecule has 3 aliphatic rings. The van der Waals surface area contributed by atoms with Crippen molar-refractivity contribution in [3.63, 3.8) is 0 Å². The van der Waals surface area contributed by atoms with Gasteiger partial charge < -0.3 is 25.2 Å². The number of aromatic nitrogens is 2. The minimum atomic E-state index is -1.01. The first-order chi connectivity index (χ1) is 19.7. The van der Waals surface area contributed by atoms with Crippen molar-refractivity contribution in [1.82, 2.24) is 25.1 Å². The number of carbonyl (C=O) groups excluding carboxylic acids is 2. The van der Waals surface area contributed by atoms with Crippen LogP contribution in [0.1, 0.15) is 66.8 Å². The van der Waals surface area contributed by atoms with Crippen LogP contribution < -0.4 is 10.6 Å². The van der Waals surface area contributed by atoms with Crippen LogP contribution in [0.5, 0.6) is 0 Å². The quantitative estimate of drug-likeness (QED) is 0.483. The van der Waals surface area contributed by atoms with Gasteiger partial charge in [0.1, 0.15) is 23.5 Å². The fraction of sp³-hybridized carbons (Fsp3) is 0.586. The van der Waals surface area contributed by atoms with Crippen LogP contribution in [0.3, 0.4) is 0 Å². The molecule has 1 aromatic carbocycles. The molecular weight excluding hydrogens is 570 g/mol. The number of benzene rings is 1. The van der Waals surface area contributed by atoms with Crippen LogP contribution in [0.4, 0.5) is 15.9 Å². The van der Waals surface area contributed by atoms with Gasteiger partial charge in [0, 0.05) is 69.0 Å². The van der Waals surface area contributed by atoms with Crippen LogP contribution in [0.2, 0.25) is 10.0 Å². The molecule has 9 nitrogen and oxygen atoms in total. The molecule has 0 aliphatic carbocycles. The van der Waals surface area contributed by atoms with Gasteiger partial charge in [-0.05, 0) is 57.2 Å². The summed E-state index contributed by atoms with van der Waals surface area (Å²) in [5.74, 6) is 1.07. The highest BCUT2D eigenvalue weighted by Crippen LogP contribution is 2.32. The van der Waals surface area contributed by atoms with Gasteiger partial charge in [0.25, 0.3) is 5.91 Å². The maximum Gasteiger partial charge on any atom is 0.272 e. The number of ether oxygens (including phenoxy) is 1. The number of hydrogen-bond donors (Lipinski definition) is 2. The molecule has 222 valence electrons. The SMILES string of the molecule is CC(=O)N1CCC(c2nc(Nc3ccc(Cl)c(Cl)c3)c(C)c(C(=O)N3CCC(N[C@@H]4CCOC[C@@H]4F)CC3)n2)CC1. The van der Waals surface area contributed by atoms with E-state index in [2.05, 4.69) is 10.6 Å². The van der Waals surface area contributed by atoms with E-state index in [0.717, 1.165) is 25.7 Å². The normalized spacial score (nSPS) is 22.6. The smallest absolute Gasteiger partial charge is 0.272 e. The standard InChI is InChI=1S/C29H37Cl2FN6O3/c1-17-26(29(40)38-12-7-20(8-13-38)33-25-9-14-41-16-24(25)32)35-28(19-5-10-37(11-6-19)18(2)39)36-27(17)34-21-3-4-22(30)23(31)15-21/h3-4,15,19-20,24-25,33H,5-14,16H2,1-2H3,(H,34,35,36)/t24-,25+/m0/s1. The zero-order chi connectivity index (χ0) is 29.1. The van der Waals surface area contributed by atoms with E-state index in [1.54, 1.807) is 25.1 Å². The summed E-state index contributed by atoms with van der Waals surface area (Å²) in [5.41, 5.74) is 1.71. The highest BCUT2D eigenvalue weighted by atomic mass is 35.5. The number of rotatable bonds is 6. The van der Waals surface area contributed by atoms with Gasteiger partial charge in [-0.2, -0.15) is 0 Å². The highest BCUT2D eigenvalue weighted by molar-refractivity contribution is 6.42. The molecule has 2 atom stereocenters. The fourth-order valence-corrected chi connectivity index (χ4v) is 6.10. The maximum absolute atomic E-state index is 14.3. The first kappa shape index (κ1) is 29.9. The van der Waals surface area contributed by atoms with Crippen LogP contribution in [-0.2, 0) is 9.53 Å². The van der Waals surface area contributed by atoms with Gasteiger partial charge in [-0.15, -0.1) is 0 Å². The number of likely N-dealkylation sites (tertiary alicyclic amines) is 2. The molecule has 2 N–H and O–H groups in total. The fourth-order valence-electron chi connectivity index (χ4n) is 5.80. The molecule has 0 radical (unpaired) electrons. The van der Waals surface area contributed by atoms with Crippen LogP contribution in [-0.4, -0.2) is 89.2 Å². The van der Waals surface area contributed by atoms with Gasteiger partial charge >= 0.3 is 0 Å². The number of nitrogens with one attached hydrogen (secondary N) is 2. The summed E-state index contributed by atoms with van der Waals surface area (Å²) < 4.78 is 19.5. The summed E-state index contributed by atoms with van der Waals surface area (Å²) in [5, 5.41) is 7.62. The molecule has 5 rings (SSSR count). The van der Waals surface area contributed by atoms with Gasteiger partial charge in [-0.1, -0.05) is 23.2 Å². The van der Waals surface area contributed by atoms with Crippen molar-refractivity contribution in [3.05, 3.63) is 45.3 Å². The molecule has 0 bridgehead atoms. The van der Waals surface area contributed by atoms with Crippen LogP contribution in [0.15, 0.2) is 18.2 Å². The molecule has 0 unspecified atom stereocenters. The number of piperidine rings is 2. The van der Waals surface area contributed by atoms with Gasteiger partial charge in [0.2, 0.25) is 5.91 Å². The molecular formula is C29H37Cl2FN6O3. The molecule has 2 amide bonds. The molecule has 1 aromatic heterocycles. The molecule has 3 saturated heterocycles. The number of hydrogen-bond acceptors (Lipinski definition) is 7. The van der Waals surface area contributed by atoms with Crippen molar-refractivity contribution in [2.45, 2.75) is 70.1 Å². The van der Waals surface area contributed by atoms with E-state index < -0.39 is 6.17 Å². The van der Waals surface area contributed by atoms with Gasteiger partial charge in [-0.25, -0.2) is 14.4 Å². The molecule has 4 heterocycles. The lowest BCUT2D eigenvalue weighted by molar-refractivity contribution is -0.129. The third-order valence-corrected chi connectivity index (χ3v) is 9.11. The first-order valence-corrected chi connectivity index (χ1v) is 15.1. The largest absolute Gasteiger partial charge is 0.378 e. The Balaban J connectivity index is 1.35. The Bertz CT molecular complexity index is 1270. The van der Waals surface area contributed by atoms with E-state index in [-0.39, 0.29) is 36.4 Å². The van der Waals surface area contributed by atoms with Crippen molar-refractivity contribution in [2.75, 3.05) is 44.7 Å². The summed E-state index contributed by atoms with van der Waals surface area (Å²) >= 11 is 12.4. The second-order valence-corrected chi connectivity index (χ2v) is 12.0. The topological polar surface area (TPSA) is 99.7 Å². The highest BCUT2D eigenvalue weighted by Gasteiger charge is 2.32. The van der Waals surface area contributed by atoms with Crippen molar-refractivity contribution in [1.29, 1.82) is 0 Å². The Kier molecular flexibility index (Phi) is 9.63. The van der Waals surface area contributed by atoms with Crippen molar-refractivity contribution in [2.24, 2.45) is 0 Å². The van der Waals surface area contributed by atoms with E-state index in [1.165, 1.54) is 0 Å². The van der Waals surface area contributed by atoms with E-state index in [4.69, 9.17) is 37.9 Å². The van der Waals surface area contributed by atoms with Crippen LogP contribution in [0.25, 0.3) is 0 Å². The lowest BCUT2D eigenvalue weighted by Gasteiger charge is -2.36. The van der Waals surface area contributed by atoms with Crippen molar-refractivity contribution >= 4 is 46.5 Å². The first-order valence-electron chi connectivity index (χ1n) is 14.3. The van der Waals surface area contributed by atoms with E-state index in [1.807, 2.05) is 16.7 Å². The predicted octanol–water partition coefficient (Wildman–Crippen LogP) is 4.88. The molecule has 0 spiro atoms. The summed E-state index contributed by atoms with van der Waals surface area (Å²) in [6.45, 7) is 6.50. The number of halogens is 3. The van der Waals surface area contributed by atoms with E-state index >= 15 is 0 Å². The summed E-state index contributed by atoms with van der Waals surface area (Å²) in [4.78, 5) is 39.1. The summed E-state index contributed by atoms with van der Waals surface area (Å²) in [6.07, 6.45) is 2.58. The van der Waals surface area contributed by atoms with E-state index in [0.29, 0.717) is 77.8 Å². The Hall–Kier alpha value is -2.53. The average molecular weight is 608 g/mol. The van der Waals surface area contributed by atoms with Gasteiger partial charge in [0.15, 0.2) is 0 Å². The molecule has 2 aromatic rings. The Morgan fingerprint density at radius 3 is 2.37 bits per heavy atom. The molecule has 0 saturated carbocycles. The third kappa shape index (κ3) is 7.10. The number of anilines is 2. The Labute approximate surface area is 250 Å². The van der Waals surface area contributed by atoms with Crippen molar-refractivity contribution in [3.8, 4) is 0 Å². The van der Waals surface area contributed by atoms with Crippen molar-refractivity contribution < 1.29 is 18.7 Å². The Morgan fingerprint density at radius 1 is 1.00 bits per heavy atom. The zero-order valence-corrected chi connectivity index (χ0v) is 25.0. The molecule has 3 aliphatic heterocycles. The summed E-state index contributed by atoms with van der Waals surface area (Å²) in [6, 6.07) is 5.18. The third-order valence-electron chi connectivity index (χ3n) is 8.37. The molecule has 12 heteroatoms. The number of alkyl halides is 1. The number of amides is 2. The minimum Gasteiger partial charge on any atom is -0.378 e. The van der Waals surface area contributed by atoms with Crippen LogP contribution >= 0.6 is 23.2 Å². The number of carbonyl (C=O) groups is 2. The predicted molar refractivity (Wildman–Crippen MR) is 157 cm³/mol. The molecule has 3 fully saturated rings. The Morgan fingerprint density at radius 2 is 1.71 bits per heavy atom. The lowest BCUT2D eigenvalue weighted by atomic mass is 9.95. The van der Waals surface area contributed by atoms with Gasteiger partial charge in [-0.3, -0.25) is 9.59 Å². The average Bonchev–Trinajstić information content (AvgIpc) is 2.97. The number of nitrogens with zero attached hydrogens (tertiary/aromatic N) is 4. The lowest BCUT2D eigenvalue weighted by Crippen LogP contribution is -2.52. The van der Waals surface area contributed by atoms with Gasteiger partial charge in [0.05, 0.1) is 16.7 Å². The monoisotopic (exact) mass is 606 g/mol. The zero-order valence-electron chi connectivity index (χ0n) is 23.5. The summed E-state index contributed by atoms with van der Waals surface area (Å²) in [7, 11) is 0. The maximum atomic E-state index is 14.3. The second-order valence-electron chi connectivity index (χ2n) is 11.2. The van der Waals surface area contributed by atoms with E-state index in [9.17, 15) is 14.0 Å². The van der Waals surface area contributed by atoms with Crippen LogP contribution in [0, 0.1) is 6.92 Å². The minimum absolute atomic E-state index is 0.0233.